The van der Waals surface area contributed by atoms with E-state index in [1.54, 1.807) is 11.8 Å². The number of amides is 1. The number of nitrogens with one attached hydrogen (secondary N) is 1. The van der Waals surface area contributed by atoms with E-state index in [1.807, 2.05) is 12.4 Å². The minimum atomic E-state index is -0.0420. The number of hydrogen-bond donors (Lipinski definition) is 1. The number of aromatic nitrogens is 2. The molecular weight excluding hydrogens is 404 g/mol. The molecule has 0 saturated carbocycles. The number of piperidine rings is 1. The van der Waals surface area contributed by atoms with Gasteiger partial charge in [-0.1, -0.05) is 42.0 Å². The fourth-order valence-electron chi connectivity index (χ4n) is 3.83. The lowest BCUT2D eigenvalue weighted by Crippen LogP contribution is -2.43. The summed E-state index contributed by atoms with van der Waals surface area (Å²) < 4.78 is 0. The zero-order valence-electron chi connectivity index (χ0n) is 18.0. The Bertz CT molecular complexity index is 1000. The minimum absolute atomic E-state index is 0.0420. The lowest BCUT2D eigenvalue weighted by Gasteiger charge is -2.32. The van der Waals surface area contributed by atoms with Crippen LogP contribution < -0.4 is 10.2 Å². The van der Waals surface area contributed by atoms with Gasteiger partial charge in [-0.3, -0.25) is 4.79 Å². The summed E-state index contributed by atoms with van der Waals surface area (Å²) in [4.78, 5) is 25.3. The number of carbonyl (C=O) groups is 1. The maximum Gasteiger partial charge on any atom is 0.225 e. The first kappa shape index (κ1) is 21.4. The zero-order chi connectivity index (χ0) is 21.6. The van der Waals surface area contributed by atoms with E-state index in [-0.39, 0.29) is 11.8 Å². The fourth-order valence-corrected chi connectivity index (χ4v) is 4.24. The van der Waals surface area contributed by atoms with Crippen molar-refractivity contribution in [2.24, 2.45) is 5.92 Å². The Morgan fingerprint density at radius 3 is 2.45 bits per heavy atom. The highest BCUT2D eigenvalue weighted by atomic mass is 32.2. The van der Waals surface area contributed by atoms with E-state index in [2.05, 4.69) is 81.9 Å². The van der Waals surface area contributed by atoms with E-state index in [4.69, 9.17) is 0 Å². The number of thioether (sulfide) groups is 1. The summed E-state index contributed by atoms with van der Waals surface area (Å²) in [6.07, 6.45) is 7.66. The van der Waals surface area contributed by atoms with Gasteiger partial charge in [-0.15, -0.1) is 11.8 Å². The Morgan fingerprint density at radius 2 is 1.77 bits per heavy atom. The molecule has 1 aliphatic rings. The molecule has 0 radical (unpaired) electrons. The van der Waals surface area contributed by atoms with Crippen molar-refractivity contribution in [3.05, 3.63) is 72.1 Å². The Kier molecular flexibility index (Phi) is 6.87. The van der Waals surface area contributed by atoms with Crippen molar-refractivity contribution in [2.75, 3.05) is 24.2 Å². The summed E-state index contributed by atoms with van der Waals surface area (Å²) in [6, 6.07) is 16.7. The molecule has 1 saturated heterocycles. The molecule has 1 fully saturated rings. The van der Waals surface area contributed by atoms with E-state index in [0.717, 1.165) is 36.1 Å². The lowest BCUT2D eigenvalue weighted by atomic mass is 9.97. The first-order valence-electron chi connectivity index (χ1n) is 10.7. The number of carbonyl (C=O) groups excluding carboxylic acids is 1. The maximum absolute atomic E-state index is 12.8. The Morgan fingerprint density at radius 1 is 1.06 bits per heavy atom. The second kappa shape index (κ2) is 9.96. The van der Waals surface area contributed by atoms with Gasteiger partial charge in [-0.2, -0.15) is 0 Å². The van der Waals surface area contributed by atoms with Gasteiger partial charge in [0.05, 0.1) is 5.92 Å². The third kappa shape index (κ3) is 5.44. The SMILES string of the molecule is CSc1ccc(CNC(=O)C2CCCN(c3ncc(-c4ccc(C)cc4)cn3)C2)cc1. The molecule has 1 atom stereocenters. The first-order valence-corrected chi connectivity index (χ1v) is 11.9. The molecule has 0 spiro atoms. The molecule has 1 amide bonds. The van der Waals surface area contributed by atoms with Crippen molar-refractivity contribution in [3.8, 4) is 11.1 Å². The van der Waals surface area contributed by atoms with Crippen LogP contribution in [0.1, 0.15) is 24.0 Å². The molecule has 160 valence electrons. The predicted molar refractivity (Wildman–Crippen MR) is 127 cm³/mol. The molecule has 0 aliphatic carbocycles. The number of nitrogens with zero attached hydrogens (tertiary/aromatic N) is 3. The summed E-state index contributed by atoms with van der Waals surface area (Å²) in [5.74, 6) is 0.760. The van der Waals surface area contributed by atoms with Crippen molar-refractivity contribution < 1.29 is 4.79 Å². The molecule has 31 heavy (non-hydrogen) atoms. The van der Waals surface area contributed by atoms with Gasteiger partial charge in [0, 0.05) is 42.5 Å². The van der Waals surface area contributed by atoms with Gasteiger partial charge in [-0.05, 0) is 49.3 Å². The molecular formula is C25H28N4OS. The van der Waals surface area contributed by atoms with Gasteiger partial charge in [0.25, 0.3) is 0 Å². The van der Waals surface area contributed by atoms with Crippen LogP contribution in [0.25, 0.3) is 11.1 Å². The zero-order valence-corrected chi connectivity index (χ0v) is 18.9. The number of hydrogen-bond acceptors (Lipinski definition) is 5. The predicted octanol–water partition coefficient (Wildman–Crippen LogP) is 4.71. The van der Waals surface area contributed by atoms with Crippen LogP contribution in [-0.2, 0) is 11.3 Å². The van der Waals surface area contributed by atoms with Crippen LogP contribution in [0, 0.1) is 12.8 Å². The quantitative estimate of drug-likeness (QED) is 0.572. The van der Waals surface area contributed by atoms with Crippen molar-refractivity contribution in [1.82, 2.24) is 15.3 Å². The highest BCUT2D eigenvalue weighted by Gasteiger charge is 2.27. The third-order valence-corrected chi connectivity index (χ3v) is 6.47. The molecule has 0 bridgehead atoms. The molecule has 5 nitrogen and oxygen atoms in total. The molecule has 1 aromatic heterocycles. The van der Waals surface area contributed by atoms with Crippen LogP contribution in [0.15, 0.2) is 65.8 Å². The van der Waals surface area contributed by atoms with Crippen LogP contribution in [0.2, 0.25) is 0 Å². The van der Waals surface area contributed by atoms with Gasteiger partial charge < -0.3 is 10.2 Å². The number of anilines is 1. The van der Waals surface area contributed by atoms with E-state index in [1.165, 1.54) is 10.5 Å². The molecule has 1 N–H and O–H groups in total. The van der Waals surface area contributed by atoms with Gasteiger partial charge in [0.15, 0.2) is 0 Å². The molecule has 2 heterocycles. The first-order chi connectivity index (χ1) is 15.1. The Labute approximate surface area is 188 Å². The van der Waals surface area contributed by atoms with Crippen molar-refractivity contribution in [1.29, 1.82) is 0 Å². The molecule has 1 aliphatic heterocycles. The lowest BCUT2D eigenvalue weighted by molar-refractivity contribution is -0.125. The van der Waals surface area contributed by atoms with Gasteiger partial charge in [0.1, 0.15) is 0 Å². The Hall–Kier alpha value is -2.86. The van der Waals surface area contributed by atoms with Crippen LogP contribution in [0.4, 0.5) is 5.95 Å². The minimum Gasteiger partial charge on any atom is -0.352 e. The molecule has 1 unspecified atom stereocenters. The van der Waals surface area contributed by atoms with Gasteiger partial charge in [-0.25, -0.2) is 9.97 Å². The fraction of sp³-hybridized carbons (Fsp3) is 0.320. The number of aryl methyl sites for hydroxylation is 1. The largest absolute Gasteiger partial charge is 0.352 e. The van der Waals surface area contributed by atoms with E-state index in [9.17, 15) is 4.79 Å². The van der Waals surface area contributed by atoms with Crippen LogP contribution in [-0.4, -0.2) is 35.2 Å². The van der Waals surface area contributed by atoms with Crippen LogP contribution in [0.3, 0.4) is 0 Å². The average molecular weight is 433 g/mol. The second-order valence-corrected chi connectivity index (χ2v) is 8.87. The molecule has 2 aromatic carbocycles. The topological polar surface area (TPSA) is 58.1 Å². The standard InChI is InChI=1S/C25H28N4OS/c1-18-5-9-20(10-6-18)22-15-27-25(28-16-22)29-13-3-4-21(17-29)24(30)26-14-19-7-11-23(31-2)12-8-19/h5-12,15-16,21H,3-4,13-14,17H2,1-2H3,(H,26,30). The summed E-state index contributed by atoms with van der Waals surface area (Å²) in [7, 11) is 0. The summed E-state index contributed by atoms with van der Waals surface area (Å²) >= 11 is 1.72. The van der Waals surface area contributed by atoms with Crippen LogP contribution in [0.5, 0.6) is 0 Å². The smallest absolute Gasteiger partial charge is 0.225 e. The monoisotopic (exact) mass is 432 g/mol. The average Bonchev–Trinajstić information content (AvgIpc) is 2.83. The molecule has 4 rings (SSSR count). The third-order valence-electron chi connectivity index (χ3n) is 5.72. The highest BCUT2D eigenvalue weighted by molar-refractivity contribution is 7.98. The highest BCUT2D eigenvalue weighted by Crippen LogP contribution is 2.23. The maximum atomic E-state index is 12.8. The van der Waals surface area contributed by atoms with Crippen molar-refractivity contribution in [3.63, 3.8) is 0 Å². The molecule has 6 heteroatoms. The number of rotatable bonds is 6. The van der Waals surface area contributed by atoms with Crippen molar-refractivity contribution in [2.45, 2.75) is 31.2 Å². The molecule has 3 aromatic rings. The van der Waals surface area contributed by atoms with Gasteiger partial charge in [0.2, 0.25) is 11.9 Å². The Balaban J connectivity index is 1.35. The summed E-state index contributed by atoms with van der Waals surface area (Å²) in [5, 5.41) is 3.10. The normalized spacial score (nSPS) is 16.2. The summed E-state index contributed by atoms with van der Waals surface area (Å²) in [6.45, 7) is 4.17. The van der Waals surface area contributed by atoms with E-state index < -0.39 is 0 Å². The second-order valence-electron chi connectivity index (χ2n) is 7.99. The van der Waals surface area contributed by atoms with Crippen LogP contribution >= 0.6 is 11.8 Å². The van der Waals surface area contributed by atoms with E-state index >= 15 is 0 Å². The number of benzene rings is 2. The van der Waals surface area contributed by atoms with Crippen molar-refractivity contribution >= 4 is 23.6 Å². The summed E-state index contributed by atoms with van der Waals surface area (Å²) in [5.41, 5.74) is 4.46. The van der Waals surface area contributed by atoms with Gasteiger partial charge >= 0.3 is 0 Å². The van der Waals surface area contributed by atoms with E-state index in [0.29, 0.717) is 19.0 Å².